The van der Waals surface area contributed by atoms with Gasteiger partial charge in [-0.05, 0) is 65.6 Å². The summed E-state index contributed by atoms with van der Waals surface area (Å²) in [6.45, 7) is 2.21. The number of carbonyl (C=O) groups excluding carboxylic acids is 1. The van der Waals surface area contributed by atoms with Gasteiger partial charge in [0.05, 0.1) is 12.2 Å². The monoisotopic (exact) mass is 790 g/mol. The Labute approximate surface area is 289 Å². The number of benzene rings is 3. The van der Waals surface area contributed by atoms with Crippen LogP contribution in [0.1, 0.15) is 30.6 Å². The third-order valence-corrected chi connectivity index (χ3v) is 6.97. The van der Waals surface area contributed by atoms with Gasteiger partial charge in [-0.1, -0.05) is 44.5 Å². The normalized spacial score (nSPS) is 14.1. The third-order valence-electron chi connectivity index (χ3n) is 6.97. The van der Waals surface area contributed by atoms with E-state index in [1.807, 2.05) is 26.0 Å². The first-order chi connectivity index (χ1) is 24.1. The Kier molecular flexibility index (Phi) is 12.6. The zero-order chi connectivity index (χ0) is 40.3. The summed E-state index contributed by atoms with van der Waals surface area (Å²) >= 11 is 0. The lowest BCUT2D eigenvalue weighted by Crippen LogP contribution is -2.64. The number of alkyl halides is 15. The van der Waals surface area contributed by atoms with Crippen molar-refractivity contribution in [2.45, 2.75) is 62.7 Å². The summed E-state index contributed by atoms with van der Waals surface area (Å²) in [4.78, 5) is 12.5. The largest absolute Gasteiger partial charge is 0.493 e. The summed E-state index contributed by atoms with van der Waals surface area (Å²) in [6.07, 6.45) is -34.4. The van der Waals surface area contributed by atoms with E-state index in [1.165, 1.54) is 12.1 Å². The minimum atomic E-state index is -7.95. The summed E-state index contributed by atoms with van der Waals surface area (Å²) in [7, 11) is 0. The highest BCUT2D eigenvalue weighted by Gasteiger charge is 2.85. The van der Waals surface area contributed by atoms with Gasteiger partial charge >= 0.3 is 48.4 Å². The Morgan fingerprint density at radius 2 is 1.00 bits per heavy atom. The predicted octanol–water partition coefficient (Wildman–Crippen LogP) is 10.6. The second-order valence-corrected chi connectivity index (χ2v) is 11.1. The summed E-state index contributed by atoms with van der Waals surface area (Å²) in [5, 5.41) is 0. The van der Waals surface area contributed by atoms with Gasteiger partial charge in [0, 0.05) is 0 Å². The van der Waals surface area contributed by atoms with Crippen molar-refractivity contribution in [2.24, 2.45) is 5.92 Å². The molecule has 0 saturated heterocycles. The van der Waals surface area contributed by atoms with Crippen molar-refractivity contribution in [3.8, 4) is 28.4 Å². The maximum atomic E-state index is 13.9. The molecule has 0 aliphatic carbocycles. The molecule has 0 radical (unpaired) electrons. The summed E-state index contributed by atoms with van der Waals surface area (Å²) < 4.78 is 217. The fraction of sp³-hybridized carbons (Fsp3) is 0.406. The SMILES string of the molecule is CC[C@H](C)COc1ccc(-c2ccc(C(=O)Oc3ccc(OCC(F)(F)OC(F)(F)C(F)(F)OC(F)(F)C(F)(F)C(F)(F)C(F)(F)F)cc3)cc2)cc1. The molecular formula is C32H25F15O6. The quantitative estimate of drug-likeness (QED) is 0.0771. The molecule has 53 heavy (non-hydrogen) atoms. The molecule has 0 bridgehead atoms. The zero-order valence-corrected chi connectivity index (χ0v) is 26.7. The van der Waals surface area contributed by atoms with E-state index in [0.717, 1.165) is 41.8 Å². The van der Waals surface area contributed by atoms with E-state index < -0.39 is 60.8 Å². The highest BCUT2D eigenvalue weighted by molar-refractivity contribution is 5.91. The van der Waals surface area contributed by atoms with Crippen molar-refractivity contribution in [2.75, 3.05) is 13.2 Å². The van der Waals surface area contributed by atoms with Crippen LogP contribution in [-0.2, 0) is 9.47 Å². The molecule has 3 rings (SSSR count). The average molecular weight is 791 g/mol. The van der Waals surface area contributed by atoms with Crippen molar-refractivity contribution in [1.29, 1.82) is 0 Å². The number of hydrogen-bond donors (Lipinski definition) is 0. The lowest BCUT2D eigenvalue weighted by Gasteiger charge is -2.36. The van der Waals surface area contributed by atoms with Crippen molar-refractivity contribution in [3.63, 3.8) is 0 Å². The summed E-state index contributed by atoms with van der Waals surface area (Å²) in [5.41, 5.74) is 1.60. The van der Waals surface area contributed by atoms with Gasteiger partial charge in [-0.2, -0.15) is 65.9 Å². The van der Waals surface area contributed by atoms with Crippen LogP contribution in [0.4, 0.5) is 65.9 Å². The smallest absolute Gasteiger partial charge is 0.460 e. The molecule has 0 aliphatic heterocycles. The Morgan fingerprint density at radius 1 is 0.566 bits per heavy atom. The zero-order valence-electron chi connectivity index (χ0n) is 26.7. The van der Waals surface area contributed by atoms with Crippen molar-refractivity contribution in [1.82, 2.24) is 0 Å². The predicted molar refractivity (Wildman–Crippen MR) is 152 cm³/mol. The molecule has 0 aliphatic rings. The second kappa shape index (κ2) is 15.5. The van der Waals surface area contributed by atoms with Crippen LogP contribution in [-0.4, -0.2) is 61.6 Å². The van der Waals surface area contributed by atoms with Gasteiger partial charge in [0.15, 0.2) is 6.61 Å². The highest BCUT2D eigenvalue weighted by atomic mass is 19.4. The Balaban J connectivity index is 1.58. The number of hydrogen-bond acceptors (Lipinski definition) is 6. The second-order valence-electron chi connectivity index (χ2n) is 11.1. The standard InChI is InChI=1S/C32H25F15O6/c1-3-18(2)16-49-22-10-8-20(9-11-22)19-4-6-21(7-5-19)25(48)51-24-14-12-23(13-15-24)50-17-26(33,34)52-31(44,45)32(46,47)53-30(42,43)28(37,38)27(35,36)29(39,40)41/h4-15,18H,3,16-17H2,1-2H3/t18-/m0/s1. The highest BCUT2D eigenvalue weighted by Crippen LogP contribution is 2.56. The molecule has 0 N–H and O–H groups in total. The van der Waals surface area contributed by atoms with E-state index in [0.29, 0.717) is 18.3 Å². The lowest BCUT2D eigenvalue weighted by atomic mass is 10.0. The minimum Gasteiger partial charge on any atom is -0.493 e. The molecule has 6 nitrogen and oxygen atoms in total. The van der Waals surface area contributed by atoms with Crippen LogP contribution in [0.2, 0.25) is 0 Å². The van der Waals surface area contributed by atoms with E-state index in [2.05, 4.69) is 9.47 Å². The van der Waals surface area contributed by atoms with Gasteiger partial charge in [0.1, 0.15) is 17.2 Å². The van der Waals surface area contributed by atoms with Gasteiger partial charge in [0.25, 0.3) is 0 Å². The van der Waals surface area contributed by atoms with E-state index in [1.54, 1.807) is 29.0 Å². The first-order valence-electron chi connectivity index (χ1n) is 14.7. The molecule has 0 heterocycles. The number of ether oxygens (including phenoxy) is 5. The van der Waals surface area contributed by atoms with Gasteiger partial charge in [-0.25, -0.2) is 14.3 Å². The van der Waals surface area contributed by atoms with Crippen LogP contribution in [0.25, 0.3) is 11.1 Å². The Hall–Kier alpha value is -4.40. The molecule has 0 saturated carbocycles. The van der Waals surface area contributed by atoms with Crippen LogP contribution in [0, 0.1) is 5.92 Å². The molecule has 1 atom stereocenters. The van der Waals surface area contributed by atoms with Crippen LogP contribution in [0.5, 0.6) is 17.2 Å². The van der Waals surface area contributed by atoms with E-state index in [4.69, 9.17) is 9.47 Å². The molecule has 294 valence electrons. The molecule has 3 aromatic rings. The topological polar surface area (TPSA) is 63.2 Å². The Bertz CT molecular complexity index is 1660. The maximum Gasteiger partial charge on any atom is 0.460 e. The lowest BCUT2D eigenvalue weighted by molar-refractivity contribution is -0.542. The molecule has 0 amide bonds. The molecule has 21 heteroatoms. The van der Waals surface area contributed by atoms with E-state index >= 15 is 0 Å². The number of halogens is 15. The van der Waals surface area contributed by atoms with E-state index in [9.17, 15) is 70.7 Å². The van der Waals surface area contributed by atoms with Crippen molar-refractivity contribution in [3.05, 3.63) is 78.4 Å². The molecule has 0 unspecified atom stereocenters. The molecule has 0 spiro atoms. The maximum absolute atomic E-state index is 13.9. The molecule has 0 aromatic heterocycles. The van der Waals surface area contributed by atoms with Crippen LogP contribution in [0.15, 0.2) is 72.8 Å². The average Bonchev–Trinajstić information content (AvgIpc) is 3.05. The number of carbonyl (C=O) groups is 1. The van der Waals surface area contributed by atoms with Gasteiger partial charge < -0.3 is 14.2 Å². The fourth-order valence-corrected chi connectivity index (χ4v) is 3.76. The molecular weight excluding hydrogens is 765 g/mol. The van der Waals surface area contributed by atoms with Crippen LogP contribution < -0.4 is 14.2 Å². The summed E-state index contributed by atoms with van der Waals surface area (Å²) in [6, 6.07) is 16.7. The van der Waals surface area contributed by atoms with Crippen LogP contribution in [0.3, 0.4) is 0 Å². The number of rotatable bonds is 17. The molecule has 0 fully saturated rings. The first kappa shape index (κ1) is 43.0. The van der Waals surface area contributed by atoms with Crippen molar-refractivity contribution < 1.29 is 94.3 Å². The van der Waals surface area contributed by atoms with Gasteiger partial charge in [0.2, 0.25) is 0 Å². The van der Waals surface area contributed by atoms with Gasteiger partial charge in [-0.15, -0.1) is 0 Å². The Morgan fingerprint density at radius 3 is 1.49 bits per heavy atom. The summed E-state index contributed by atoms with van der Waals surface area (Å²) in [5.74, 6) is -16.5. The van der Waals surface area contributed by atoms with Crippen LogP contribution >= 0.6 is 0 Å². The first-order valence-corrected chi connectivity index (χ1v) is 14.7. The van der Waals surface area contributed by atoms with E-state index in [-0.39, 0.29) is 11.3 Å². The molecule has 3 aromatic carbocycles. The fourth-order valence-electron chi connectivity index (χ4n) is 3.76. The minimum absolute atomic E-state index is 0.0663. The van der Waals surface area contributed by atoms with Crippen molar-refractivity contribution >= 4 is 5.97 Å². The van der Waals surface area contributed by atoms with Gasteiger partial charge in [-0.3, -0.25) is 0 Å². The number of esters is 1. The third kappa shape index (κ3) is 10.2.